The summed E-state index contributed by atoms with van der Waals surface area (Å²) in [5.74, 6) is -3.60. The van der Waals surface area contributed by atoms with Crippen LogP contribution in [0.4, 0.5) is 0 Å². The molecule has 0 fully saturated rings. The van der Waals surface area contributed by atoms with Gasteiger partial charge in [-0.15, -0.1) is 0 Å². The summed E-state index contributed by atoms with van der Waals surface area (Å²) in [6.45, 7) is 4.76. The van der Waals surface area contributed by atoms with Gasteiger partial charge in [0.1, 0.15) is 18.1 Å². The van der Waals surface area contributed by atoms with Crippen molar-refractivity contribution in [1.82, 2.24) is 10.6 Å². The Hall–Kier alpha value is -2.16. The largest absolute Gasteiger partial charge is 0.480 e. The molecule has 6 N–H and O–H groups in total. The number of amides is 2. The number of hydrogen-bond acceptors (Lipinski definition) is 5. The van der Waals surface area contributed by atoms with E-state index in [1.54, 1.807) is 13.8 Å². The van der Waals surface area contributed by atoms with Crippen LogP contribution in [0.1, 0.15) is 40.0 Å². The van der Waals surface area contributed by atoms with E-state index in [-0.39, 0.29) is 25.2 Å². The van der Waals surface area contributed by atoms with Crippen LogP contribution in [-0.4, -0.2) is 52.1 Å². The predicted octanol–water partition coefficient (Wildman–Crippen LogP) is -0.701. The van der Waals surface area contributed by atoms with Crippen LogP contribution in [0.3, 0.4) is 0 Å². The molecule has 0 aromatic carbocycles. The number of hydrogen-bond donors (Lipinski definition) is 5. The van der Waals surface area contributed by atoms with Crippen LogP contribution in [0, 0.1) is 5.92 Å². The first kappa shape index (κ1) is 20.8. The Morgan fingerprint density at radius 2 is 1.57 bits per heavy atom. The van der Waals surface area contributed by atoms with Crippen molar-refractivity contribution < 1.29 is 29.4 Å². The van der Waals surface area contributed by atoms with Crippen molar-refractivity contribution in [3.05, 3.63) is 0 Å². The van der Waals surface area contributed by atoms with Crippen LogP contribution in [0.5, 0.6) is 0 Å². The molecule has 0 aliphatic heterocycles. The lowest BCUT2D eigenvalue weighted by atomic mass is 10.0. The van der Waals surface area contributed by atoms with Gasteiger partial charge in [0.15, 0.2) is 0 Å². The Morgan fingerprint density at radius 3 is 2.00 bits per heavy atom. The molecule has 2 amide bonds. The first-order chi connectivity index (χ1) is 10.6. The van der Waals surface area contributed by atoms with Gasteiger partial charge in [-0.25, -0.2) is 4.79 Å². The van der Waals surface area contributed by atoms with Gasteiger partial charge in [0.25, 0.3) is 0 Å². The maximum atomic E-state index is 11.9. The van der Waals surface area contributed by atoms with Gasteiger partial charge < -0.3 is 26.6 Å². The second kappa shape index (κ2) is 9.78. The summed E-state index contributed by atoms with van der Waals surface area (Å²) in [7, 11) is 0. The van der Waals surface area contributed by atoms with Crippen LogP contribution >= 0.6 is 0 Å². The second-order valence-electron chi connectivity index (χ2n) is 5.69. The van der Waals surface area contributed by atoms with Crippen molar-refractivity contribution >= 4 is 23.8 Å². The van der Waals surface area contributed by atoms with E-state index in [2.05, 4.69) is 10.6 Å². The smallest absolute Gasteiger partial charge is 0.326 e. The van der Waals surface area contributed by atoms with Gasteiger partial charge in [0.05, 0.1) is 0 Å². The minimum atomic E-state index is -1.14. The molecular formula is C14H25N3O6. The number of nitrogens with one attached hydrogen (secondary N) is 2. The molecule has 0 rings (SSSR count). The standard InChI is InChI=1S/C14H25N3O6/c1-7(2)11(14(22)23)17-12(19)8(3)16-10(18)6-4-5-9(15)13(20)21/h7-9,11H,4-6,15H2,1-3H3,(H,16,18)(H,17,19)(H,20,21)(H,22,23)/t8-,9+,11-/m0/s1. The number of carbonyl (C=O) groups is 4. The zero-order valence-corrected chi connectivity index (χ0v) is 13.5. The van der Waals surface area contributed by atoms with E-state index in [0.717, 1.165) is 0 Å². The maximum Gasteiger partial charge on any atom is 0.326 e. The third-order valence-corrected chi connectivity index (χ3v) is 3.24. The molecule has 3 atom stereocenters. The van der Waals surface area contributed by atoms with E-state index in [1.165, 1.54) is 6.92 Å². The number of nitrogens with two attached hydrogens (primary N) is 1. The van der Waals surface area contributed by atoms with E-state index in [1.807, 2.05) is 0 Å². The molecule has 0 radical (unpaired) electrons. The number of carboxylic acids is 2. The van der Waals surface area contributed by atoms with Crippen molar-refractivity contribution in [3.8, 4) is 0 Å². The Morgan fingerprint density at radius 1 is 1.00 bits per heavy atom. The molecule has 0 aromatic rings. The van der Waals surface area contributed by atoms with Crippen molar-refractivity contribution in [2.24, 2.45) is 11.7 Å². The Bertz CT molecular complexity index is 452. The lowest BCUT2D eigenvalue weighted by Gasteiger charge is -2.21. The van der Waals surface area contributed by atoms with E-state index in [4.69, 9.17) is 15.9 Å². The molecular weight excluding hydrogens is 306 g/mol. The number of rotatable bonds is 10. The molecule has 0 aliphatic carbocycles. The number of aliphatic carboxylic acids is 2. The average Bonchev–Trinajstić information content (AvgIpc) is 2.43. The fourth-order valence-corrected chi connectivity index (χ4v) is 1.78. The first-order valence-corrected chi connectivity index (χ1v) is 7.37. The molecule has 0 spiro atoms. The lowest BCUT2D eigenvalue weighted by molar-refractivity contribution is -0.143. The second-order valence-corrected chi connectivity index (χ2v) is 5.69. The highest BCUT2D eigenvalue weighted by Gasteiger charge is 2.26. The van der Waals surface area contributed by atoms with E-state index in [9.17, 15) is 19.2 Å². The topological polar surface area (TPSA) is 159 Å². The molecule has 0 aromatic heterocycles. The minimum absolute atomic E-state index is 0.0329. The molecule has 0 aliphatic rings. The van der Waals surface area contributed by atoms with E-state index < -0.39 is 41.9 Å². The highest BCUT2D eigenvalue weighted by Crippen LogP contribution is 2.03. The van der Waals surface area contributed by atoms with Crippen molar-refractivity contribution in [1.29, 1.82) is 0 Å². The SMILES string of the molecule is CC(C)[C@H](NC(=O)[C@H](C)NC(=O)CCC[C@@H](N)C(=O)O)C(=O)O. The highest BCUT2D eigenvalue weighted by atomic mass is 16.4. The van der Waals surface area contributed by atoms with Gasteiger partial charge in [-0.1, -0.05) is 13.8 Å². The van der Waals surface area contributed by atoms with Gasteiger partial charge in [0.2, 0.25) is 11.8 Å². The van der Waals surface area contributed by atoms with Gasteiger partial charge in [-0.3, -0.25) is 14.4 Å². The fraction of sp³-hybridized carbons (Fsp3) is 0.714. The fourth-order valence-electron chi connectivity index (χ4n) is 1.78. The third-order valence-electron chi connectivity index (χ3n) is 3.24. The minimum Gasteiger partial charge on any atom is -0.480 e. The van der Waals surface area contributed by atoms with Crippen LogP contribution in [0.2, 0.25) is 0 Å². The summed E-state index contributed by atoms with van der Waals surface area (Å²) < 4.78 is 0. The first-order valence-electron chi connectivity index (χ1n) is 7.37. The van der Waals surface area contributed by atoms with Crippen LogP contribution in [0.15, 0.2) is 0 Å². The monoisotopic (exact) mass is 331 g/mol. The molecule has 132 valence electrons. The molecule has 0 bridgehead atoms. The predicted molar refractivity (Wildman–Crippen MR) is 81.5 cm³/mol. The summed E-state index contributed by atoms with van der Waals surface area (Å²) in [6, 6.07) is -2.95. The third kappa shape index (κ3) is 8.15. The number of carboxylic acid groups (broad SMARTS) is 2. The molecule has 0 unspecified atom stereocenters. The highest BCUT2D eigenvalue weighted by molar-refractivity contribution is 5.90. The Labute approximate surface area is 134 Å². The van der Waals surface area contributed by atoms with Crippen molar-refractivity contribution in [2.75, 3.05) is 0 Å². The summed E-state index contributed by atoms with van der Waals surface area (Å²) >= 11 is 0. The normalized spacial score (nSPS) is 14.7. The molecule has 9 nitrogen and oxygen atoms in total. The summed E-state index contributed by atoms with van der Waals surface area (Å²) in [4.78, 5) is 45.1. The summed E-state index contributed by atoms with van der Waals surface area (Å²) in [5.41, 5.74) is 5.31. The van der Waals surface area contributed by atoms with Gasteiger partial charge in [-0.05, 0) is 25.7 Å². The lowest BCUT2D eigenvalue weighted by Crippen LogP contribution is -2.52. The van der Waals surface area contributed by atoms with E-state index >= 15 is 0 Å². The molecule has 0 saturated heterocycles. The molecule has 0 heterocycles. The van der Waals surface area contributed by atoms with Gasteiger partial charge in [-0.2, -0.15) is 0 Å². The van der Waals surface area contributed by atoms with Gasteiger partial charge in [0, 0.05) is 6.42 Å². The Balaban J connectivity index is 4.28. The quantitative estimate of drug-likeness (QED) is 0.354. The maximum absolute atomic E-state index is 11.9. The zero-order chi connectivity index (χ0) is 18.2. The van der Waals surface area contributed by atoms with E-state index in [0.29, 0.717) is 0 Å². The summed E-state index contributed by atoms with van der Waals surface area (Å²) in [5, 5.41) is 22.4. The average molecular weight is 331 g/mol. The molecule has 23 heavy (non-hydrogen) atoms. The van der Waals surface area contributed by atoms with Crippen LogP contribution < -0.4 is 16.4 Å². The van der Waals surface area contributed by atoms with Gasteiger partial charge >= 0.3 is 11.9 Å². The zero-order valence-electron chi connectivity index (χ0n) is 13.5. The summed E-state index contributed by atoms with van der Waals surface area (Å²) in [6.07, 6.45) is 0.459. The Kier molecular flexibility index (Phi) is 8.86. The van der Waals surface area contributed by atoms with Crippen molar-refractivity contribution in [3.63, 3.8) is 0 Å². The molecule has 0 saturated carbocycles. The molecule has 9 heteroatoms. The van der Waals surface area contributed by atoms with Crippen LogP contribution in [0.25, 0.3) is 0 Å². The van der Waals surface area contributed by atoms with Crippen LogP contribution in [-0.2, 0) is 19.2 Å². The number of carbonyl (C=O) groups excluding carboxylic acids is 2. The van der Waals surface area contributed by atoms with Crippen molar-refractivity contribution in [2.45, 2.75) is 58.2 Å².